The fraction of sp³-hybridized carbons (Fsp3) is 0.500. The maximum absolute atomic E-state index is 9.82. The van der Waals surface area contributed by atoms with Crippen molar-refractivity contribution in [1.82, 2.24) is 0 Å². The number of aliphatic hydroxyl groups excluding tert-OH is 1. The van der Waals surface area contributed by atoms with Crippen molar-refractivity contribution in [3.8, 4) is 11.5 Å². The molecule has 4 nitrogen and oxygen atoms in total. The van der Waals surface area contributed by atoms with Gasteiger partial charge in [0.25, 0.3) is 0 Å². The Kier molecular flexibility index (Phi) is 3.47. The van der Waals surface area contributed by atoms with E-state index < -0.39 is 6.10 Å². The van der Waals surface area contributed by atoms with Crippen molar-refractivity contribution in [3.05, 3.63) is 22.2 Å². The molecule has 2 rings (SSSR count). The zero-order valence-electron chi connectivity index (χ0n) is 9.87. The summed E-state index contributed by atoms with van der Waals surface area (Å²) in [5.41, 5.74) is 6.95. The Bertz CT molecular complexity index is 436. The zero-order chi connectivity index (χ0) is 12.6. The molecule has 17 heavy (non-hydrogen) atoms. The van der Waals surface area contributed by atoms with Crippen LogP contribution in [0, 0.1) is 0 Å². The van der Waals surface area contributed by atoms with E-state index in [1.54, 1.807) is 13.2 Å². The average molecular weight is 258 g/mol. The van der Waals surface area contributed by atoms with Crippen LogP contribution in [0.15, 0.2) is 6.07 Å². The number of aliphatic hydroxyl groups is 1. The van der Waals surface area contributed by atoms with Crippen molar-refractivity contribution < 1.29 is 14.6 Å². The molecule has 0 spiro atoms. The van der Waals surface area contributed by atoms with Gasteiger partial charge in [-0.25, -0.2) is 0 Å². The number of nitrogens with two attached hydrogens (primary N) is 1. The zero-order valence-corrected chi connectivity index (χ0v) is 10.6. The maximum Gasteiger partial charge on any atom is 0.166 e. The van der Waals surface area contributed by atoms with Crippen LogP contribution < -0.4 is 15.2 Å². The lowest BCUT2D eigenvalue weighted by Crippen LogP contribution is -2.12. The SMILES string of the molecule is COc1cc(C(O)CN)c(Cl)c2c1OC(C)C2. The van der Waals surface area contributed by atoms with Gasteiger partial charge in [0.05, 0.1) is 18.2 Å². The Labute approximate surface area is 105 Å². The van der Waals surface area contributed by atoms with Gasteiger partial charge in [-0.3, -0.25) is 0 Å². The molecular weight excluding hydrogens is 242 g/mol. The molecule has 2 unspecified atom stereocenters. The molecule has 1 aliphatic heterocycles. The molecule has 0 fully saturated rings. The van der Waals surface area contributed by atoms with Gasteiger partial charge in [0.15, 0.2) is 11.5 Å². The van der Waals surface area contributed by atoms with E-state index in [0.717, 1.165) is 12.0 Å². The largest absolute Gasteiger partial charge is 0.493 e. The lowest BCUT2D eigenvalue weighted by Gasteiger charge is -2.15. The molecule has 0 aromatic heterocycles. The minimum Gasteiger partial charge on any atom is -0.493 e. The molecular formula is C12H16ClNO3. The van der Waals surface area contributed by atoms with Gasteiger partial charge in [0.2, 0.25) is 0 Å². The summed E-state index contributed by atoms with van der Waals surface area (Å²) in [7, 11) is 1.56. The van der Waals surface area contributed by atoms with Gasteiger partial charge in [-0.2, -0.15) is 0 Å². The fourth-order valence-electron chi connectivity index (χ4n) is 2.06. The molecule has 1 aromatic carbocycles. The van der Waals surface area contributed by atoms with Crippen molar-refractivity contribution in [3.63, 3.8) is 0 Å². The van der Waals surface area contributed by atoms with Crippen molar-refractivity contribution >= 4 is 11.6 Å². The minimum absolute atomic E-state index is 0.0710. The molecule has 1 aromatic rings. The van der Waals surface area contributed by atoms with Crippen LogP contribution in [0.5, 0.6) is 11.5 Å². The Morgan fingerprint density at radius 2 is 2.41 bits per heavy atom. The van der Waals surface area contributed by atoms with Crippen LogP contribution in [0.25, 0.3) is 0 Å². The topological polar surface area (TPSA) is 64.7 Å². The Morgan fingerprint density at radius 3 is 3.00 bits per heavy atom. The number of halogens is 1. The lowest BCUT2D eigenvalue weighted by molar-refractivity contribution is 0.186. The molecule has 0 saturated heterocycles. The minimum atomic E-state index is -0.780. The summed E-state index contributed by atoms with van der Waals surface area (Å²) in [6.07, 6.45) is 0.00891. The number of hydrogen-bond acceptors (Lipinski definition) is 4. The first-order valence-corrected chi connectivity index (χ1v) is 5.90. The summed E-state index contributed by atoms with van der Waals surface area (Å²) in [6.45, 7) is 2.09. The van der Waals surface area contributed by atoms with Crippen molar-refractivity contribution in [2.24, 2.45) is 5.73 Å². The van der Waals surface area contributed by atoms with Crippen molar-refractivity contribution in [1.29, 1.82) is 0 Å². The first-order chi connectivity index (χ1) is 8.08. The molecule has 2 atom stereocenters. The van der Waals surface area contributed by atoms with Crippen LogP contribution in [-0.2, 0) is 6.42 Å². The van der Waals surface area contributed by atoms with E-state index in [9.17, 15) is 5.11 Å². The van der Waals surface area contributed by atoms with Crippen LogP contribution in [0.3, 0.4) is 0 Å². The third-order valence-corrected chi connectivity index (χ3v) is 3.36. The van der Waals surface area contributed by atoms with Crippen molar-refractivity contribution in [2.45, 2.75) is 25.6 Å². The van der Waals surface area contributed by atoms with Crippen LogP contribution in [0.4, 0.5) is 0 Å². The Morgan fingerprint density at radius 1 is 1.71 bits per heavy atom. The quantitative estimate of drug-likeness (QED) is 0.865. The van der Waals surface area contributed by atoms with Gasteiger partial charge in [0, 0.05) is 24.1 Å². The van der Waals surface area contributed by atoms with Gasteiger partial charge in [-0.1, -0.05) is 11.6 Å². The van der Waals surface area contributed by atoms with E-state index in [1.807, 2.05) is 6.92 Å². The first-order valence-electron chi connectivity index (χ1n) is 5.52. The van der Waals surface area contributed by atoms with E-state index >= 15 is 0 Å². The number of fused-ring (bicyclic) bond motifs is 1. The molecule has 0 amide bonds. The smallest absolute Gasteiger partial charge is 0.166 e. The predicted molar refractivity (Wildman–Crippen MR) is 65.8 cm³/mol. The normalized spacial score (nSPS) is 19.7. The summed E-state index contributed by atoms with van der Waals surface area (Å²) in [5.74, 6) is 1.27. The van der Waals surface area contributed by atoms with E-state index in [1.165, 1.54) is 0 Å². The number of methoxy groups -OCH3 is 1. The highest BCUT2D eigenvalue weighted by Crippen LogP contribution is 2.45. The predicted octanol–water partition coefficient (Wildman–Crippen LogP) is 1.66. The third-order valence-electron chi connectivity index (χ3n) is 2.92. The fourth-order valence-corrected chi connectivity index (χ4v) is 2.40. The molecule has 0 aliphatic carbocycles. The molecule has 1 aliphatic rings. The van der Waals surface area contributed by atoms with Crippen LogP contribution in [0.1, 0.15) is 24.2 Å². The van der Waals surface area contributed by atoms with Gasteiger partial charge >= 0.3 is 0 Å². The average Bonchev–Trinajstić information content (AvgIpc) is 2.71. The molecule has 0 saturated carbocycles. The lowest BCUT2D eigenvalue weighted by atomic mass is 10.0. The molecule has 0 radical (unpaired) electrons. The molecule has 3 N–H and O–H groups in total. The summed E-state index contributed by atoms with van der Waals surface area (Å²) < 4.78 is 10.9. The number of benzene rings is 1. The van der Waals surface area contributed by atoms with Crippen LogP contribution >= 0.6 is 11.6 Å². The Hall–Kier alpha value is -0.970. The van der Waals surface area contributed by atoms with Gasteiger partial charge in [-0.05, 0) is 13.0 Å². The third kappa shape index (κ3) is 2.08. The summed E-state index contributed by atoms with van der Waals surface area (Å²) in [5, 5.41) is 10.4. The maximum atomic E-state index is 9.82. The number of rotatable bonds is 3. The molecule has 5 heteroatoms. The highest BCUT2D eigenvalue weighted by Gasteiger charge is 2.29. The van der Waals surface area contributed by atoms with Crippen LogP contribution in [-0.4, -0.2) is 24.9 Å². The van der Waals surface area contributed by atoms with E-state index in [0.29, 0.717) is 22.1 Å². The second-order valence-electron chi connectivity index (χ2n) is 4.17. The van der Waals surface area contributed by atoms with Gasteiger partial charge < -0.3 is 20.3 Å². The highest BCUT2D eigenvalue weighted by atomic mass is 35.5. The second kappa shape index (κ2) is 4.72. The monoisotopic (exact) mass is 257 g/mol. The van der Waals surface area contributed by atoms with Crippen LogP contribution in [0.2, 0.25) is 5.02 Å². The molecule has 94 valence electrons. The van der Waals surface area contributed by atoms with Gasteiger partial charge in [-0.15, -0.1) is 0 Å². The first kappa shape index (κ1) is 12.5. The summed E-state index contributed by atoms with van der Waals surface area (Å²) in [6, 6.07) is 1.69. The van der Waals surface area contributed by atoms with Crippen molar-refractivity contribution in [2.75, 3.05) is 13.7 Å². The Balaban J connectivity index is 2.55. The molecule has 1 heterocycles. The number of hydrogen-bond donors (Lipinski definition) is 2. The standard InChI is InChI=1S/C12H16ClNO3/c1-6-3-8-11(13)7(9(15)5-14)4-10(16-2)12(8)17-6/h4,6,9,15H,3,5,14H2,1-2H3. The van der Waals surface area contributed by atoms with Gasteiger partial charge in [0.1, 0.15) is 6.10 Å². The van der Waals surface area contributed by atoms with E-state index in [4.69, 9.17) is 26.8 Å². The summed E-state index contributed by atoms with van der Waals surface area (Å²) >= 11 is 6.27. The highest BCUT2D eigenvalue weighted by molar-refractivity contribution is 6.32. The number of ether oxygens (including phenoxy) is 2. The molecule has 0 bridgehead atoms. The van der Waals surface area contributed by atoms with E-state index in [2.05, 4.69) is 0 Å². The second-order valence-corrected chi connectivity index (χ2v) is 4.55. The summed E-state index contributed by atoms with van der Waals surface area (Å²) in [4.78, 5) is 0. The van der Waals surface area contributed by atoms with E-state index in [-0.39, 0.29) is 12.6 Å².